The Kier molecular flexibility index (Phi) is 31.5. The van der Waals surface area contributed by atoms with Gasteiger partial charge in [-0.05, 0) is 38.0 Å². The molecule has 6 heterocycles. The minimum absolute atomic E-state index is 0.0342. The SMILES string of the molecule is CCCCCCC#CCCCOc1cccc(C(=O)N[C@@H]2C(O[C@@H]3C(CO)O[C@@H](OC4C(CO)O[C@@H](O[C@@H]5C(CO)OC(OC6C(CO[C@@H]7OC(C)C(O)[C@H](O)[C@H]7OC)OC(O)[C@@H](NC(C)=O)[C@H]6O)C(NC(C)=O)C5O)[C@@H](NC(C)=O)[C@H]4O)C(NC(C)=O)C3O)OC(CO)[C@@H](O)[C@@H]2O)c1. The molecule has 36 nitrogen and oxygen atoms in total. The van der Waals surface area contributed by atoms with Crippen LogP contribution in [0.4, 0.5) is 0 Å². The number of carbonyl (C=O) groups is 5. The summed E-state index contributed by atoms with van der Waals surface area (Å²) in [7, 11) is 1.21. The maximum atomic E-state index is 13.9. The second-order valence-corrected chi connectivity index (χ2v) is 25.1. The highest BCUT2D eigenvalue weighted by molar-refractivity contribution is 5.94. The van der Waals surface area contributed by atoms with Crippen molar-refractivity contribution in [3.63, 3.8) is 0 Å². The Hall–Kier alpha value is -5.07. The molecule has 0 aliphatic carbocycles. The number of ether oxygens (including phenoxy) is 13. The van der Waals surface area contributed by atoms with Gasteiger partial charge in [0, 0.05) is 53.2 Å². The van der Waals surface area contributed by atoms with E-state index in [0.717, 1.165) is 59.8 Å². The van der Waals surface area contributed by atoms with Gasteiger partial charge >= 0.3 is 0 Å². The lowest BCUT2D eigenvalue weighted by Crippen LogP contribution is -2.72. The van der Waals surface area contributed by atoms with Crippen molar-refractivity contribution in [2.45, 2.75) is 270 Å². The van der Waals surface area contributed by atoms with Crippen molar-refractivity contribution < 1.29 is 152 Å². The number of aliphatic hydroxyl groups is 13. The van der Waals surface area contributed by atoms with Crippen molar-refractivity contribution in [3.05, 3.63) is 29.8 Å². The van der Waals surface area contributed by atoms with E-state index in [1.807, 2.05) is 0 Å². The molecule has 6 aliphatic heterocycles. The summed E-state index contributed by atoms with van der Waals surface area (Å²) in [5.74, 6) is 2.59. The average Bonchev–Trinajstić information content (AvgIpc) is 0.791. The fourth-order valence-electron chi connectivity index (χ4n) is 12.5. The first-order chi connectivity index (χ1) is 47.2. The molecule has 1 aromatic rings. The minimum atomic E-state index is -2.07. The number of aliphatic hydroxyl groups excluding tert-OH is 13. The van der Waals surface area contributed by atoms with Crippen molar-refractivity contribution in [1.82, 2.24) is 26.6 Å². The number of nitrogens with one attached hydrogen (secondary N) is 5. The second kappa shape index (κ2) is 38.4. The van der Waals surface area contributed by atoms with Crippen molar-refractivity contribution in [2.24, 2.45) is 0 Å². The van der Waals surface area contributed by atoms with E-state index in [4.69, 9.17) is 61.6 Å². The maximum absolute atomic E-state index is 13.9. The molecule has 30 atom stereocenters. The molecule has 99 heavy (non-hydrogen) atoms. The zero-order valence-electron chi connectivity index (χ0n) is 56.0. The molecule has 6 aliphatic rings. The zero-order chi connectivity index (χ0) is 72.5. The molecule has 0 saturated carbocycles. The summed E-state index contributed by atoms with van der Waals surface area (Å²) in [6.45, 7) is 3.43. The van der Waals surface area contributed by atoms with Crippen LogP contribution >= 0.6 is 0 Å². The lowest BCUT2D eigenvalue weighted by atomic mass is 9.93. The second-order valence-electron chi connectivity index (χ2n) is 25.1. The molecule has 16 unspecified atom stereocenters. The number of amides is 5. The quantitative estimate of drug-likeness (QED) is 0.0251. The summed E-state index contributed by atoms with van der Waals surface area (Å²) >= 11 is 0. The summed E-state index contributed by atoms with van der Waals surface area (Å²) in [6, 6.07) is -2.53. The summed E-state index contributed by atoms with van der Waals surface area (Å²) in [4.78, 5) is 65.1. The highest BCUT2D eigenvalue weighted by atomic mass is 16.8. The Morgan fingerprint density at radius 3 is 1.35 bits per heavy atom. The number of hydrogen-bond acceptors (Lipinski definition) is 31. The standard InChI is InChI=1S/C63H99N5O31/c1-8-9-10-11-12-13-14-15-16-20-88-33-19-17-18-32(21-33)57(85)68-40-46(79)45(78)34(22-69)92-59(40)96-52-35(23-70)93-60(41(48(52)81)65-29(4)74)97-53-36(24-71)94-61(42(49(53)82)66-30(5)75)98-54-37(25-72)95-62(43(50(54)83)67-31(6)76)99-55-38(91-58(86)39(47(55)80)64-28(3)73)26-89-63-56(87-7)51(84)44(77)27(2)90-63/h17-19,21,27,34-56,58-63,69-72,77-84,86H,8-12,15-16,20,22-26H2,1-7H3,(H,64,73)(H,65,74)(H,66,75)(H,67,76)(H,68,85)/t27?,34?,35?,36?,37?,38?,39-,40-,41?,42-,43?,44?,45+,46+,47+,48?,49+,50?,51-,52+,53?,54+,55?,56+,58?,59?,60-,61-,62?,63+/m0/s1. The number of hydrogen-bond donors (Lipinski definition) is 18. The third-order valence-corrected chi connectivity index (χ3v) is 17.6. The van der Waals surface area contributed by atoms with E-state index < -0.39 is 246 Å². The van der Waals surface area contributed by atoms with Gasteiger partial charge in [-0.25, -0.2) is 0 Å². The average molecular weight is 1420 g/mol. The molecule has 36 heteroatoms. The van der Waals surface area contributed by atoms with Crippen molar-refractivity contribution in [2.75, 3.05) is 46.8 Å². The van der Waals surface area contributed by atoms with Crippen LogP contribution in [0.1, 0.15) is 96.8 Å². The van der Waals surface area contributed by atoms with Gasteiger partial charge in [0.05, 0.1) is 45.7 Å². The molecule has 6 saturated heterocycles. The van der Waals surface area contributed by atoms with Gasteiger partial charge in [-0.15, -0.1) is 11.8 Å². The molecule has 0 aromatic heterocycles. The van der Waals surface area contributed by atoms with E-state index in [1.54, 1.807) is 12.1 Å². The number of unbranched alkanes of at least 4 members (excludes halogenated alkanes) is 5. The molecule has 18 N–H and O–H groups in total. The van der Waals surface area contributed by atoms with Gasteiger partial charge in [0.2, 0.25) is 23.6 Å². The van der Waals surface area contributed by atoms with Crippen LogP contribution in [0.5, 0.6) is 5.75 Å². The first-order valence-corrected chi connectivity index (χ1v) is 33.0. The highest BCUT2D eigenvalue weighted by Gasteiger charge is 2.58. The molecule has 5 amide bonds. The van der Waals surface area contributed by atoms with Crippen LogP contribution in [0.2, 0.25) is 0 Å². The van der Waals surface area contributed by atoms with Crippen LogP contribution in [0.3, 0.4) is 0 Å². The van der Waals surface area contributed by atoms with Gasteiger partial charge in [-0.2, -0.15) is 0 Å². The molecule has 0 spiro atoms. The van der Waals surface area contributed by atoms with Gasteiger partial charge in [0.15, 0.2) is 37.7 Å². The molecule has 6 fully saturated rings. The molecular weight excluding hydrogens is 1320 g/mol. The topological polar surface area (TPSA) is 528 Å². The first-order valence-electron chi connectivity index (χ1n) is 33.0. The van der Waals surface area contributed by atoms with E-state index in [1.165, 1.54) is 26.2 Å². The number of rotatable bonds is 30. The molecule has 0 radical (unpaired) electrons. The van der Waals surface area contributed by atoms with E-state index in [-0.39, 0.29) is 12.2 Å². The van der Waals surface area contributed by atoms with Crippen molar-refractivity contribution in [1.29, 1.82) is 0 Å². The number of carbonyl (C=O) groups excluding carboxylic acids is 5. The van der Waals surface area contributed by atoms with Crippen LogP contribution in [-0.4, -0.2) is 327 Å². The maximum Gasteiger partial charge on any atom is 0.251 e. The summed E-state index contributed by atoms with van der Waals surface area (Å²) in [6.07, 6.45) is -37.0. The van der Waals surface area contributed by atoms with Crippen molar-refractivity contribution in [3.8, 4) is 17.6 Å². The van der Waals surface area contributed by atoms with E-state index >= 15 is 0 Å². The van der Waals surface area contributed by atoms with E-state index in [9.17, 15) is 90.4 Å². The predicted molar refractivity (Wildman–Crippen MR) is 332 cm³/mol. The normalized spacial score (nSPS) is 39.4. The van der Waals surface area contributed by atoms with Gasteiger partial charge in [-0.1, -0.05) is 32.3 Å². The van der Waals surface area contributed by atoms with Crippen molar-refractivity contribution >= 4 is 29.5 Å². The van der Waals surface area contributed by atoms with Gasteiger partial charge in [0.25, 0.3) is 5.91 Å². The predicted octanol–water partition coefficient (Wildman–Crippen LogP) is -7.27. The van der Waals surface area contributed by atoms with Gasteiger partial charge < -0.3 is 155 Å². The van der Waals surface area contributed by atoms with Crippen LogP contribution < -0.4 is 31.3 Å². The largest absolute Gasteiger partial charge is 0.494 e. The molecule has 0 bridgehead atoms. The van der Waals surface area contributed by atoms with Crippen LogP contribution in [0.15, 0.2) is 24.3 Å². The Labute approximate surface area is 571 Å². The summed E-state index contributed by atoms with van der Waals surface area (Å²) in [5.41, 5.74) is 0.0342. The summed E-state index contributed by atoms with van der Waals surface area (Å²) in [5, 5.41) is 158. The fourth-order valence-corrected chi connectivity index (χ4v) is 12.5. The molecule has 7 rings (SSSR count). The van der Waals surface area contributed by atoms with Gasteiger partial charge in [0.1, 0.15) is 146 Å². The first kappa shape index (κ1) is 81.2. The van der Waals surface area contributed by atoms with Crippen LogP contribution in [0, 0.1) is 11.8 Å². The Morgan fingerprint density at radius 2 is 0.899 bits per heavy atom. The Balaban J connectivity index is 1.07. The molecule has 1 aromatic carbocycles. The minimum Gasteiger partial charge on any atom is -0.494 e. The summed E-state index contributed by atoms with van der Waals surface area (Å²) < 4.78 is 77.9. The Bertz CT molecular complexity index is 2790. The number of methoxy groups -OCH3 is 1. The third-order valence-electron chi connectivity index (χ3n) is 17.6. The van der Waals surface area contributed by atoms with Crippen LogP contribution in [-0.2, 0) is 76.0 Å². The monoisotopic (exact) mass is 1420 g/mol. The van der Waals surface area contributed by atoms with E-state index in [2.05, 4.69) is 45.3 Å². The van der Waals surface area contributed by atoms with Gasteiger partial charge in [-0.3, -0.25) is 24.0 Å². The molecule has 562 valence electrons. The highest BCUT2D eigenvalue weighted by Crippen LogP contribution is 2.37. The fraction of sp³-hybridized carbons (Fsp3) is 0.794. The zero-order valence-corrected chi connectivity index (χ0v) is 56.0. The number of benzene rings is 1. The smallest absolute Gasteiger partial charge is 0.251 e. The van der Waals surface area contributed by atoms with E-state index in [0.29, 0.717) is 18.6 Å². The lowest BCUT2D eigenvalue weighted by molar-refractivity contribution is -0.368. The Morgan fingerprint density at radius 1 is 0.465 bits per heavy atom. The lowest BCUT2D eigenvalue weighted by Gasteiger charge is -2.51. The molecular formula is C63H99N5O31. The van der Waals surface area contributed by atoms with Crippen LogP contribution in [0.25, 0.3) is 0 Å². The third kappa shape index (κ3) is 20.9.